The second kappa shape index (κ2) is 10.0. The molecule has 1 unspecified atom stereocenters. The minimum Gasteiger partial charge on any atom is -0.466 e. The fraction of sp³-hybridized carbons (Fsp3) is 0.643. The SMILES string of the molecule is CCNC(=NCc1cc(C)oc1C)NC(C)COC.I. The number of hydrogen-bond donors (Lipinski definition) is 2. The van der Waals surface area contributed by atoms with Crippen molar-refractivity contribution in [3.05, 3.63) is 23.2 Å². The molecule has 0 fully saturated rings. The van der Waals surface area contributed by atoms with E-state index in [4.69, 9.17) is 9.15 Å². The molecule has 0 aliphatic carbocycles. The van der Waals surface area contributed by atoms with Crippen LogP contribution in [0.15, 0.2) is 15.5 Å². The number of halogens is 1. The fourth-order valence-corrected chi connectivity index (χ4v) is 1.85. The normalized spacial score (nSPS) is 12.8. The first-order valence-electron chi connectivity index (χ1n) is 6.66. The molecule has 6 heteroatoms. The summed E-state index contributed by atoms with van der Waals surface area (Å²) >= 11 is 0. The van der Waals surface area contributed by atoms with Gasteiger partial charge in [0.05, 0.1) is 13.2 Å². The van der Waals surface area contributed by atoms with Crippen LogP contribution in [0.4, 0.5) is 0 Å². The van der Waals surface area contributed by atoms with Crippen LogP contribution < -0.4 is 10.6 Å². The van der Waals surface area contributed by atoms with Gasteiger partial charge in [0, 0.05) is 25.3 Å². The molecule has 0 spiro atoms. The van der Waals surface area contributed by atoms with Crippen molar-refractivity contribution in [2.45, 2.75) is 40.3 Å². The average molecular weight is 395 g/mol. The topological polar surface area (TPSA) is 58.8 Å². The average Bonchev–Trinajstić information content (AvgIpc) is 2.65. The van der Waals surface area contributed by atoms with E-state index in [0.717, 1.165) is 29.6 Å². The summed E-state index contributed by atoms with van der Waals surface area (Å²) in [5, 5.41) is 6.52. The number of aliphatic imine (C=N–C) groups is 1. The summed E-state index contributed by atoms with van der Waals surface area (Å²) in [6, 6.07) is 2.25. The van der Waals surface area contributed by atoms with Crippen molar-refractivity contribution >= 4 is 29.9 Å². The fourth-order valence-electron chi connectivity index (χ4n) is 1.85. The van der Waals surface area contributed by atoms with E-state index < -0.39 is 0 Å². The van der Waals surface area contributed by atoms with Crippen molar-refractivity contribution in [3.8, 4) is 0 Å². The van der Waals surface area contributed by atoms with Crippen molar-refractivity contribution in [3.63, 3.8) is 0 Å². The van der Waals surface area contributed by atoms with Gasteiger partial charge >= 0.3 is 0 Å². The second-order valence-electron chi connectivity index (χ2n) is 4.63. The van der Waals surface area contributed by atoms with Crippen LogP contribution in [0.1, 0.15) is 30.9 Å². The third kappa shape index (κ3) is 6.60. The Balaban J connectivity index is 0.00000361. The van der Waals surface area contributed by atoms with Gasteiger partial charge in [0.1, 0.15) is 11.5 Å². The van der Waals surface area contributed by atoms with E-state index in [0.29, 0.717) is 13.2 Å². The molecular formula is C14H26IN3O2. The molecule has 116 valence electrons. The van der Waals surface area contributed by atoms with Gasteiger partial charge in [-0.3, -0.25) is 0 Å². The van der Waals surface area contributed by atoms with Gasteiger partial charge in [-0.25, -0.2) is 4.99 Å². The van der Waals surface area contributed by atoms with Crippen LogP contribution in [-0.4, -0.2) is 32.3 Å². The standard InChI is InChI=1S/C14H25N3O2.HI/c1-6-15-14(17-10(2)9-18-5)16-8-13-7-11(3)19-12(13)4;/h7,10H,6,8-9H2,1-5H3,(H2,15,16,17);1H. The highest BCUT2D eigenvalue weighted by molar-refractivity contribution is 14.0. The van der Waals surface area contributed by atoms with Gasteiger partial charge in [-0.05, 0) is 33.8 Å². The molecule has 1 aromatic rings. The minimum absolute atomic E-state index is 0. The molecular weight excluding hydrogens is 369 g/mol. The molecule has 20 heavy (non-hydrogen) atoms. The number of rotatable bonds is 6. The van der Waals surface area contributed by atoms with Gasteiger partial charge in [-0.15, -0.1) is 24.0 Å². The number of nitrogens with one attached hydrogen (secondary N) is 2. The van der Waals surface area contributed by atoms with Crippen LogP contribution >= 0.6 is 24.0 Å². The molecule has 0 aromatic carbocycles. The molecule has 0 aliphatic heterocycles. The lowest BCUT2D eigenvalue weighted by molar-refractivity contribution is 0.179. The highest BCUT2D eigenvalue weighted by Crippen LogP contribution is 2.14. The Morgan fingerprint density at radius 2 is 2.15 bits per heavy atom. The molecule has 2 N–H and O–H groups in total. The zero-order chi connectivity index (χ0) is 14.3. The van der Waals surface area contributed by atoms with Gasteiger partial charge in [-0.1, -0.05) is 0 Å². The summed E-state index contributed by atoms with van der Waals surface area (Å²) in [6.45, 7) is 10.1. The van der Waals surface area contributed by atoms with Crippen LogP contribution in [0.5, 0.6) is 0 Å². The Morgan fingerprint density at radius 3 is 2.65 bits per heavy atom. The first-order chi connectivity index (χ1) is 9.06. The molecule has 0 radical (unpaired) electrons. The van der Waals surface area contributed by atoms with Gasteiger partial charge in [0.2, 0.25) is 0 Å². The van der Waals surface area contributed by atoms with Gasteiger partial charge < -0.3 is 19.8 Å². The molecule has 0 saturated carbocycles. The zero-order valence-corrected chi connectivity index (χ0v) is 15.3. The largest absolute Gasteiger partial charge is 0.466 e. The number of nitrogens with zero attached hydrogens (tertiary/aromatic N) is 1. The monoisotopic (exact) mass is 395 g/mol. The number of methoxy groups -OCH3 is 1. The highest BCUT2D eigenvalue weighted by Gasteiger charge is 2.06. The second-order valence-corrected chi connectivity index (χ2v) is 4.63. The Bertz CT molecular complexity index is 419. The number of hydrogen-bond acceptors (Lipinski definition) is 3. The molecule has 1 aromatic heterocycles. The summed E-state index contributed by atoms with van der Waals surface area (Å²) in [4.78, 5) is 4.56. The van der Waals surface area contributed by atoms with Crippen LogP contribution in [0, 0.1) is 13.8 Å². The minimum atomic E-state index is 0. The number of furan rings is 1. The third-order valence-electron chi connectivity index (χ3n) is 2.70. The smallest absolute Gasteiger partial charge is 0.191 e. The molecule has 5 nitrogen and oxygen atoms in total. The van der Waals surface area contributed by atoms with Crippen LogP contribution in [-0.2, 0) is 11.3 Å². The van der Waals surface area contributed by atoms with E-state index in [1.54, 1.807) is 7.11 Å². The Hall–Kier alpha value is -0.760. The Morgan fingerprint density at radius 1 is 1.45 bits per heavy atom. The molecule has 0 aliphatic rings. The summed E-state index contributed by atoms with van der Waals surface area (Å²) in [5.74, 6) is 2.65. The molecule has 1 rings (SSSR count). The lowest BCUT2D eigenvalue weighted by atomic mass is 10.2. The first kappa shape index (κ1) is 19.2. The maximum atomic E-state index is 5.50. The maximum Gasteiger partial charge on any atom is 0.191 e. The van der Waals surface area contributed by atoms with E-state index in [1.807, 2.05) is 26.8 Å². The van der Waals surface area contributed by atoms with E-state index in [9.17, 15) is 0 Å². The summed E-state index contributed by atoms with van der Waals surface area (Å²) in [5.41, 5.74) is 1.12. The van der Waals surface area contributed by atoms with E-state index in [2.05, 4.69) is 22.5 Å². The summed E-state index contributed by atoms with van der Waals surface area (Å²) in [6.07, 6.45) is 0. The van der Waals surface area contributed by atoms with Gasteiger partial charge in [0.15, 0.2) is 5.96 Å². The predicted molar refractivity (Wildman–Crippen MR) is 92.9 cm³/mol. The van der Waals surface area contributed by atoms with Gasteiger partial charge in [0.25, 0.3) is 0 Å². The molecule has 1 atom stereocenters. The number of aryl methyl sites for hydroxylation is 2. The Kier molecular flexibility index (Phi) is 9.66. The van der Waals surface area contributed by atoms with Crippen molar-refractivity contribution in [1.82, 2.24) is 10.6 Å². The third-order valence-corrected chi connectivity index (χ3v) is 2.70. The summed E-state index contributed by atoms with van der Waals surface area (Å²) in [7, 11) is 1.69. The number of guanidine groups is 1. The zero-order valence-electron chi connectivity index (χ0n) is 12.9. The summed E-state index contributed by atoms with van der Waals surface area (Å²) < 4.78 is 10.6. The van der Waals surface area contributed by atoms with Crippen LogP contribution in [0.25, 0.3) is 0 Å². The van der Waals surface area contributed by atoms with Gasteiger partial charge in [-0.2, -0.15) is 0 Å². The Labute approximate surface area is 138 Å². The van der Waals surface area contributed by atoms with E-state index in [-0.39, 0.29) is 30.0 Å². The van der Waals surface area contributed by atoms with Crippen molar-refractivity contribution in [1.29, 1.82) is 0 Å². The first-order valence-corrected chi connectivity index (χ1v) is 6.66. The lowest BCUT2D eigenvalue weighted by Crippen LogP contribution is -2.43. The van der Waals surface area contributed by atoms with Crippen LogP contribution in [0.3, 0.4) is 0 Å². The maximum absolute atomic E-state index is 5.50. The number of ether oxygens (including phenoxy) is 1. The van der Waals surface area contributed by atoms with Crippen molar-refractivity contribution < 1.29 is 9.15 Å². The van der Waals surface area contributed by atoms with E-state index >= 15 is 0 Å². The highest BCUT2D eigenvalue weighted by atomic mass is 127. The van der Waals surface area contributed by atoms with Crippen molar-refractivity contribution in [2.24, 2.45) is 4.99 Å². The molecule has 1 heterocycles. The van der Waals surface area contributed by atoms with E-state index in [1.165, 1.54) is 0 Å². The van der Waals surface area contributed by atoms with Crippen molar-refractivity contribution in [2.75, 3.05) is 20.3 Å². The molecule has 0 amide bonds. The molecule has 0 saturated heterocycles. The lowest BCUT2D eigenvalue weighted by Gasteiger charge is -2.16. The molecule has 0 bridgehead atoms. The quantitative estimate of drug-likeness (QED) is 0.442. The van der Waals surface area contributed by atoms with Crippen LogP contribution in [0.2, 0.25) is 0 Å². The predicted octanol–water partition coefficient (Wildman–Crippen LogP) is 2.60.